The monoisotopic (exact) mass is 254 g/mol. The lowest BCUT2D eigenvalue weighted by Gasteiger charge is -2.10. The number of halogens is 1. The van der Waals surface area contributed by atoms with Crippen molar-refractivity contribution >= 4 is 12.0 Å². The molecular formula is C12H15FN2O3. The van der Waals surface area contributed by atoms with Crippen molar-refractivity contribution in [2.75, 3.05) is 6.54 Å². The SMILES string of the molecule is C[C@@H](NC(=O)NCCc1cccc(F)c1)C(=O)O. The zero-order valence-corrected chi connectivity index (χ0v) is 9.94. The van der Waals surface area contributed by atoms with Crippen LogP contribution < -0.4 is 10.6 Å². The van der Waals surface area contributed by atoms with E-state index in [0.29, 0.717) is 13.0 Å². The van der Waals surface area contributed by atoms with Crippen LogP contribution in [-0.2, 0) is 11.2 Å². The lowest BCUT2D eigenvalue weighted by molar-refractivity contribution is -0.138. The summed E-state index contributed by atoms with van der Waals surface area (Å²) in [6.07, 6.45) is 0.479. The number of carboxylic acids is 1. The van der Waals surface area contributed by atoms with Gasteiger partial charge in [-0.15, -0.1) is 0 Å². The highest BCUT2D eigenvalue weighted by molar-refractivity contribution is 5.82. The molecule has 1 aromatic carbocycles. The van der Waals surface area contributed by atoms with Crippen LogP contribution in [0.15, 0.2) is 24.3 Å². The first-order valence-electron chi connectivity index (χ1n) is 5.50. The van der Waals surface area contributed by atoms with Crippen LogP contribution in [0.2, 0.25) is 0 Å². The predicted octanol–water partition coefficient (Wildman–Crippen LogP) is 1.14. The maximum absolute atomic E-state index is 12.8. The molecule has 5 nitrogen and oxygen atoms in total. The third-order valence-corrected chi connectivity index (χ3v) is 2.31. The second kappa shape index (κ2) is 6.58. The van der Waals surface area contributed by atoms with E-state index >= 15 is 0 Å². The zero-order chi connectivity index (χ0) is 13.5. The number of amides is 2. The molecule has 0 fully saturated rings. The first-order valence-corrected chi connectivity index (χ1v) is 5.50. The summed E-state index contributed by atoms with van der Waals surface area (Å²) in [4.78, 5) is 21.7. The Labute approximate surface area is 104 Å². The molecule has 0 aromatic heterocycles. The lowest BCUT2D eigenvalue weighted by atomic mass is 10.1. The van der Waals surface area contributed by atoms with E-state index in [1.807, 2.05) is 0 Å². The van der Waals surface area contributed by atoms with Crippen molar-refractivity contribution in [1.29, 1.82) is 0 Å². The molecule has 1 aromatic rings. The van der Waals surface area contributed by atoms with E-state index in [0.717, 1.165) is 5.56 Å². The van der Waals surface area contributed by atoms with E-state index < -0.39 is 18.0 Å². The van der Waals surface area contributed by atoms with E-state index in [-0.39, 0.29) is 5.82 Å². The number of benzene rings is 1. The number of rotatable bonds is 5. The van der Waals surface area contributed by atoms with Crippen LogP contribution in [0.3, 0.4) is 0 Å². The molecule has 0 saturated carbocycles. The number of urea groups is 1. The van der Waals surface area contributed by atoms with E-state index in [1.54, 1.807) is 12.1 Å². The smallest absolute Gasteiger partial charge is 0.325 e. The Hall–Kier alpha value is -2.11. The zero-order valence-electron chi connectivity index (χ0n) is 9.94. The Balaban J connectivity index is 2.29. The standard InChI is InChI=1S/C12H15FN2O3/c1-8(11(16)17)15-12(18)14-6-5-9-3-2-4-10(13)7-9/h2-4,7-8H,5-6H2,1H3,(H,16,17)(H2,14,15,18)/t8-/m1/s1. The van der Waals surface area contributed by atoms with Gasteiger partial charge in [-0.2, -0.15) is 0 Å². The third kappa shape index (κ3) is 4.82. The summed E-state index contributed by atoms with van der Waals surface area (Å²) in [5.41, 5.74) is 0.765. The highest BCUT2D eigenvalue weighted by Crippen LogP contribution is 2.03. The van der Waals surface area contributed by atoms with Crippen molar-refractivity contribution in [2.24, 2.45) is 0 Å². The normalized spacial score (nSPS) is 11.7. The van der Waals surface area contributed by atoms with Gasteiger partial charge in [-0.1, -0.05) is 12.1 Å². The third-order valence-electron chi connectivity index (χ3n) is 2.31. The number of hydrogen-bond acceptors (Lipinski definition) is 2. The Morgan fingerprint density at radius 1 is 1.44 bits per heavy atom. The molecule has 6 heteroatoms. The van der Waals surface area contributed by atoms with Gasteiger partial charge in [0.05, 0.1) is 0 Å². The Morgan fingerprint density at radius 3 is 2.78 bits per heavy atom. The second-order valence-corrected chi connectivity index (χ2v) is 3.84. The van der Waals surface area contributed by atoms with Gasteiger partial charge in [0.2, 0.25) is 0 Å². The van der Waals surface area contributed by atoms with Gasteiger partial charge in [-0.3, -0.25) is 4.79 Å². The quantitative estimate of drug-likeness (QED) is 0.737. The highest BCUT2D eigenvalue weighted by Gasteiger charge is 2.12. The van der Waals surface area contributed by atoms with E-state index in [9.17, 15) is 14.0 Å². The molecule has 0 bridgehead atoms. The van der Waals surface area contributed by atoms with Gasteiger partial charge >= 0.3 is 12.0 Å². The first kappa shape index (κ1) is 14.0. The summed E-state index contributed by atoms with van der Waals surface area (Å²) >= 11 is 0. The van der Waals surface area contributed by atoms with Gasteiger partial charge in [0.1, 0.15) is 11.9 Å². The van der Waals surface area contributed by atoms with Crippen LogP contribution in [0, 0.1) is 5.82 Å². The second-order valence-electron chi connectivity index (χ2n) is 3.84. The molecule has 0 radical (unpaired) electrons. The van der Waals surface area contributed by atoms with Crippen molar-refractivity contribution in [2.45, 2.75) is 19.4 Å². The molecule has 1 rings (SSSR count). The van der Waals surface area contributed by atoms with Gasteiger partial charge in [-0.05, 0) is 31.0 Å². The van der Waals surface area contributed by atoms with Crippen LogP contribution in [-0.4, -0.2) is 29.7 Å². The predicted molar refractivity (Wildman–Crippen MR) is 63.7 cm³/mol. The molecule has 0 saturated heterocycles. The largest absolute Gasteiger partial charge is 0.480 e. The van der Waals surface area contributed by atoms with Crippen molar-refractivity contribution < 1.29 is 19.1 Å². The number of carboxylic acid groups (broad SMARTS) is 1. The van der Waals surface area contributed by atoms with Crippen LogP contribution in [0.1, 0.15) is 12.5 Å². The Kier molecular flexibility index (Phi) is 5.10. The topological polar surface area (TPSA) is 78.4 Å². The fraction of sp³-hybridized carbons (Fsp3) is 0.333. The molecule has 3 N–H and O–H groups in total. The summed E-state index contributed by atoms with van der Waals surface area (Å²) in [6, 6.07) is 4.58. The van der Waals surface area contributed by atoms with Gasteiger partial charge < -0.3 is 15.7 Å². The maximum atomic E-state index is 12.8. The average molecular weight is 254 g/mol. The number of aliphatic carboxylic acids is 1. The minimum Gasteiger partial charge on any atom is -0.480 e. The molecular weight excluding hydrogens is 239 g/mol. The van der Waals surface area contributed by atoms with Crippen LogP contribution >= 0.6 is 0 Å². The van der Waals surface area contributed by atoms with Crippen LogP contribution in [0.25, 0.3) is 0 Å². The van der Waals surface area contributed by atoms with Gasteiger partial charge in [-0.25, -0.2) is 9.18 Å². The number of hydrogen-bond donors (Lipinski definition) is 3. The lowest BCUT2D eigenvalue weighted by Crippen LogP contribution is -2.44. The molecule has 0 aliphatic heterocycles. The summed E-state index contributed by atoms with van der Waals surface area (Å²) in [6.45, 7) is 1.68. The van der Waals surface area contributed by atoms with Crippen molar-refractivity contribution in [3.63, 3.8) is 0 Å². The molecule has 0 aliphatic carbocycles. The Bertz CT molecular complexity index is 437. The molecule has 1 atom stereocenters. The minimum absolute atomic E-state index is 0.307. The molecule has 0 unspecified atom stereocenters. The average Bonchev–Trinajstić information content (AvgIpc) is 2.28. The molecule has 18 heavy (non-hydrogen) atoms. The summed E-state index contributed by atoms with van der Waals surface area (Å²) in [5.74, 6) is -1.42. The van der Waals surface area contributed by atoms with E-state index in [4.69, 9.17) is 5.11 Å². The van der Waals surface area contributed by atoms with Gasteiger partial charge in [0, 0.05) is 6.54 Å². The van der Waals surface area contributed by atoms with Crippen LogP contribution in [0.4, 0.5) is 9.18 Å². The number of carbonyl (C=O) groups excluding carboxylic acids is 1. The van der Waals surface area contributed by atoms with E-state index in [2.05, 4.69) is 10.6 Å². The maximum Gasteiger partial charge on any atom is 0.325 e. The summed E-state index contributed by atoms with van der Waals surface area (Å²) in [7, 11) is 0. The number of carbonyl (C=O) groups is 2. The fourth-order valence-corrected chi connectivity index (χ4v) is 1.32. The van der Waals surface area contributed by atoms with Gasteiger partial charge in [0.25, 0.3) is 0 Å². The highest BCUT2D eigenvalue weighted by atomic mass is 19.1. The van der Waals surface area contributed by atoms with Crippen molar-refractivity contribution in [3.05, 3.63) is 35.6 Å². The minimum atomic E-state index is -1.10. The number of nitrogens with one attached hydrogen (secondary N) is 2. The van der Waals surface area contributed by atoms with Crippen molar-refractivity contribution in [3.8, 4) is 0 Å². The molecule has 0 spiro atoms. The fourth-order valence-electron chi connectivity index (χ4n) is 1.32. The molecule has 98 valence electrons. The van der Waals surface area contributed by atoms with Crippen LogP contribution in [0.5, 0.6) is 0 Å². The first-order chi connectivity index (χ1) is 8.49. The van der Waals surface area contributed by atoms with E-state index in [1.165, 1.54) is 19.1 Å². The Morgan fingerprint density at radius 2 is 2.17 bits per heavy atom. The van der Waals surface area contributed by atoms with Gasteiger partial charge in [0.15, 0.2) is 0 Å². The van der Waals surface area contributed by atoms with Crippen molar-refractivity contribution in [1.82, 2.24) is 10.6 Å². The summed E-state index contributed by atoms with van der Waals surface area (Å²) < 4.78 is 12.8. The molecule has 2 amide bonds. The molecule has 0 aliphatic rings. The molecule has 0 heterocycles. The summed E-state index contributed by atoms with van der Waals surface area (Å²) in [5, 5.41) is 13.3.